The molecule has 2 aromatic carbocycles. The summed E-state index contributed by atoms with van der Waals surface area (Å²) in [4.78, 5) is 19.2. The van der Waals surface area contributed by atoms with Crippen LogP contribution >= 0.6 is 0 Å². The Morgan fingerprint density at radius 1 is 1.20 bits per heavy atom. The van der Waals surface area contributed by atoms with Crippen LogP contribution in [-0.2, 0) is 15.9 Å². The highest BCUT2D eigenvalue weighted by Gasteiger charge is 2.24. The second-order valence-electron chi connectivity index (χ2n) is 7.41. The van der Waals surface area contributed by atoms with Crippen LogP contribution in [0.2, 0.25) is 0 Å². The van der Waals surface area contributed by atoms with Crippen LogP contribution < -0.4 is 0 Å². The van der Waals surface area contributed by atoms with Gasteiger partial charge in [0.2, 0.25) is 0 Å². The SMILES string of the molecule is COCCOC1CCN(C(=O)c2ccc3nc(Cc4ccccc4F)oc3c2)CC1. The van der Waals surface area contributed by atoms with Crippen molar-refractivity contribution in [3.8, 4) is 0 Å². The highest BCUT2D eigenvalue weighted by atomic mass is 19.1. The topological polar surface area (TPSA) is 64.8 Å². The van der Waals surface area contributed by atoms with E-state index in [1.54, 1.807) is 43.5 Å². The van der Waals surface area contributed by atoms with Gasteiger partial charge >= 0.3 is 0 Å². The molecule has 2 heterocycles. The van der Waals surface area contributed by atoms with E-state index in [1.807, 2.05) is 4.90 Å². The smallest absolute Gasteiger partial charge is 0.253 e. The van der Waals surface area contributed by atoms with E-state index < -0.39 is 0 Å². The Kier molecular flexibility index (Phi) is 6.40. The number of fused-ring (bicyclic) bond motifs is 1. The minimum Gasteiger partial charge on any atom is -0.440 e. The lowest BCUT2D eigenvalue weighted by atomic mass is 10.1. The predicted octanol–water partition coefficient (Wildman–Crippen LogP) is 3.83. The Morgan fingerprint density at radius 3 is 2.77 bits per heavy atom. The molecule has 1 aliphatic heterocycles. The Balaban J connectivity index is 1.41. The number of hydrogen-bond donors (Lipinski definition) is 0. The fraction of sp³-hybridized carbons (Fsp3) is 0.391. The summed E-state index contributed by atoms with van der Waals surface area (Å²) in [5.41, 5.74) is 2.28. The fourth-order valence-electron chi connectivity index (χ4n) is 3.69. The molecular formula is C23H25FN2O4. The molecule has 0 atom stereocenters. The first-order chi connectivity index (χ1) is 14.6. The number of hydrogen-bond acceptors (Lipinski definition) is 5. The summed E-state index contributed by atoms with van der Waals surface area (Å²) in [5.74, 6) is 0.109. The number of rotatable bonds is 7. The Hall–Kier alpha value is -2.77. The second-order valence-corrected chi connectivity index (χ2v) is 7.41. The molecule has 7 heteroatoms. The quantitative estimate of drug-likeness (QED) is 0.552. The largest absolute Gasteiger partial charge is 0.440 e. The van der Waals surface area contributed by atoms with E-state index >= 15 is 0 Å². The van der Waals surface area contributed by atoms with Gasteiger partial charge in [-0.3, -0.25) is 4.79 Å². The van der Waals surface area contributed by atoms with E-state index in [9.17, 15) is 9.18 Å². The van der Waals surface area contributed by atoms with Crippen molar-refractivity contribution >= 4 is 17.0 Å². The molecule has 1 amide bonds. The van der Waals surface area contributed by atoms with Crippen molar-refractivity contribution in [3.63, 3.8) is 0 Å². The molecule has 4 rings (SSSR count). The maximum absolute atomic E-state index is 13.9. The molecule has 0 aliphatic carbocycles. The average molecular weight is 412 g/mol. The van der Waals surface area contributed by atoms with Crippen LogP contribution in [-0.4, -0.2) is 55.3 Å². The number of carbonyl (C=O) groups is 1. The van der Waals surface area contributed by atoms with Gasteiger partial charge in [-0.25, -0.2) is 9.37 Å². The number of benzene rings is 2. The van der Waals surface area contributed by atoms with E-state index in [-0.39, 0.29) is 24.2 Å². The molecule has 1 saturated heterocycles. The van der Waals surface area contributed by atoms with Crippen LogP contribution in [0.15, 0.2) is 46.9 Å². The first-order valence-electron chi connectivity index (χ1n) is 10.2. The zero-order valence-electron chi connectivity index (χ0n) is 17.0. The molecule has 30 heavy (non-hydrogen) atoms. The van der Waals surface area contributed by atoms with Crippen LogP contribution in [0.3, 0.4) is 0 Å². The minimum atomic E-state index is -0.287. The Morgan fingerprint density at radius 2 is 2.00 bits per heavy atom. The molecule has 3 aromatic rings. The van der Waals surface area contributed by atoms with Gasteiger partial charge in [0.25, 0.3) is 5.91 Å². The normalized spacial score (nSPS) is 15.1. The van der Waals surface area contributed by atoms with E-state index in [0.717, 1.165) is 12.8 Å². The van der Waals surface area contributed by atoms with Gasteiger partial charge in [-0.15, -0.1) is 0 Å². The number of ether oxygens (including phenoxy) is 2. The third-order valence-electron chi connectivity index (χ3n) is 5.35. The lowest BCUT2D eigenvalue weighted by Gasteiger charge is -2.32. The van der Waals surface area contributed by atoms with Crippen molar-refractivity contribution in [2.75, 3.05) is 33.4 Å². The molecule has 158 valence electrons. The van der Waals surface area contributed by atoms with Gasteiger partial charge in [0, 0.05) is 25.8 Å². The van der Waals surface area contributed by atoms with Crippen molar-refractivity contribution in [3.05, 3.63) is 65.3 Å². The van der Waals surface area contributed by atoms with Crippen LogP contribution in [0.25, 0.3) is 11.1 Å². The van der Waals surface area contributed by atoms with Gasteiger partial charge in [-0.2, -0.15) is 0 Å². The zero-order valence-corrected chi connectivity index (χ0v) is 17.0. The summed E-state index contributed by atoms with van der Waals surface area (Å²) in [7, 11) is 1.65. The summed E-state index contributed by atoms with van der Waals surface area (Å²) >= 11 is 0. The van der Waals surface area contributed by atoms with Crippen molar-refractivity contribution in [2.45, 2.75) is 25.4 Å². The van der Waals surface area contributed by atoms with Crippen LogP contribution in [0, 0.1) is 5.82 Å². The van der Waals surface area contributed by atoms with E-state index in [4.69, 9.17) is 13.9 Å². The molecule has 0 radical (unpaired) electrons. The number of piperidine rings is 1. The number of likely N-dealkylation sites (tertiary alicyclic amines) is 1. The van der Waals surface area contributed by atoms with Crippen LogP contribution in [0.4, 0.5) is 4.39 Å². The number of methoxy groups -OCH3 is 1. The van der Waals surface area contributed by atoms with Crippen molar-refractivity contribution in [2.24, 2.45) is 0 Å². The molecule has 0 saturated carbocycles. The number of carbonyl (C=O) groups excluding carboxylic acids is 1. The van der Waals surface area contributed by atoms with Gasteiger partial charge in [-0.05, 0) is 42.7 Å². The number of oxazole rings is 1. The summed E-state index contributed by atoms with van der Waals surface area (Å²) in [6.45, 7) is 2.47. The summed E-state index contributed by atoms with van der Waals surface area (Å²) in [5, 5.41) is 0. The number of aromatic nitrogens is 1. The molecule has 0 spiro atoms. The molecular weight excluding hydrogens is 387 g/mol. The standard InChI is InChI=1S/C23H25FN2O4/c1-28-12-13-29-18-8-10-26(11-9-18)23(27)17-6-7-20-21(14-17)30-22(25-20)15-16-4-2-3-5-19(16)24/h2-7,14,18H,8-13,15H2,1H3. The summed E-state index contributed by atoms with van der Waals surface area (Å²) in [6, 6.07) is 11.8. The maximum atomic E-state index is 13.9. The number of halogens is 1. The first kappa shape index (κ1) is 20.5. The molecule has 0 bridgehead atoms. The van der Waals surface area contributed by atoms with Gasteiger partial charge in [0.1, 0.15) is 11.3 Å². The van der Waals surface area contributed by atoms with Gasteiger partial charge in [-0.1, -0.05) is 18.2 Å². The molecule has 6 nitrogen and oxygen atoms in total. The highest BCUT2D eigenvalue weighted by Crippen LogP contribution is 2.22. The van der Waals surface area contributed by atoms with Crippen molar-refractivity contribution < 1.29 is 23.1 Å². The fourth-order valence-corrected chi connectivity index (χ4v) is 3.69. The molecule has 1 aromatic heterocycles. The third-order valence-corrected chi connectivity index (χ3v) is 5.35. The second kappa shape index (κ2) is 9.36. The summed E-state index contributed by atoms with van der Waals surface area (Å²) < 4.78 is 30.4. The molecule has 0 unspecified atom stereocenters. The van der Waals surface area contributed by atoms with Gasteiger partial charge in [0.05, 0.1) is 25.7 Å². The maximum Gasteiger partial charge on any atom is 0.253 e. The lowest BCUT2D eigenvalue weighted by molar-refractivity contribution is -0.0122. The molecule has 0 N–H and O–H groups in total. The third kappa shape index (κ3) is 4.68. The Labute approximate surface area is 174 Å². The highest BCUT2D eigenvalue weighted by molar-refractivity contribution is 5.97. The summed E-state index contributed by atoms with van der Waals surface area (Å²) in [6.07, 6.45) is 2.06. The van der Waals surface area contributed by atoms with E-state index in [1.165, 1.54) is 6.07 Å². The van der Waals surface area contributed by atoms with E-state index in [2.05, 4.69) is 4.98 Å². The number of nitrogens with zero attached hydrogens (tertiary/aromatic N) is 2. The zero-order chi connectivity index (χ0) is 20.9. The molecule has 1 fully saturated rings. The number of amides is 1. The van der Waals surface area contributed by atoms with Crippen LogP contribution in [0.1, 0.15) is 34.7 Å². The van der Waals surface area contributed by atoms with E-state index in [0.29, 0.717) is 54.4 Å². The van der Waals surface area contributed by atoms with Crippen molar-refractivity contribution in [1.82, 2.24) is 9.88 Å². The molecule has 1 aliphatic rings. The minimum absolute atomic E-state index is 0.0284. The van der Waals surface area contributed by atoms with Gasteiger partial charge in [0.15, 0.2) is 11.5 Å². The lowest BCUT2D eigenvalue weighted by Crippen LogP contribution is -2.41. The van der Waals surface area contributed by atoms with Gasteiger partial charge < -0.3 is 18.8 Å². The monoisotopic (exact) mass is 412 g/mol. The van der Waals surface area contributed by atoms with Crippen molar-refractivity contribution in [1.29, 1.82) is 0 Å². The average Bonchev–Trinajstić information content (AvgIpc) is 3.17. The Bertz CT molecular complexity index is 1010. The van der Waals surface area contributed by atoms with Crippen LogP contribution in [0.5, 0.6) is 0 Å². The first-order valence-corrected chi connectivity index (χ1v) is 10.2. The predicted molar refractivity (Wildman–Crippen MR) is 110 cm³/mol.